The zero-order valence-electron chi connectivity index (χ0n) is 6.94. The summed E-state index contributed by atoms with van der Waals surface area (Å²) < 4.78 is 6.10. The number of methoxy groups -OCH3 is 1. The van der Waals surface area contributed by atoms with E-state index >= 15 is 0 Å². The van der Waals surface area contributed by atoms with E-state index in [1.165, 1.54) is 7.11 Å². The molecule has 0 spiro atoms. The molecule has 0 aromatic carbocycles. The summed E-state index contributed by atoms with van der Waals surface area (Å²) in [6, 6.07) is 0. The molecule has 0 aliphatic carbocycles. The van der Waals surface area contributed by atoms with E-state index in [2.05, 4.69) is 20.3 Å². The molecule has 0 bridgehead atoms. The van der Waals surface area contributed by atoms with Crippen LogP contribution < -0.4 is 5.32 Å². The number of amides is 1. The van der Waals surface area contributed by atoms with Crippen molar-refractivity contribution in [1.29, 1.82) is 0 Å². The third-order valence-electron chi connectivity index (χ3n) is 1.38. The van der Waals surface area contributed by atoms with Gasteiger partial charge in [-0.3, -0.25) is 0 Å². The van der Waals surface area contributed by atoms with E-state index in [1.54, 1.807) is 17.9 Å². The molecular formula is C6H10N4O2. The Hall–Kier alpha value is -1.59. The average molecular weight is 170 g/mol. The first kappa shape index (κ1) is 8.51. The Bertz CT molecular complexity index is 270. The summed E-state index contributed by atoms with van der Waals surface area (Å²) in [5.74, 6) is 0.681. The number of hydrogen-bond acceptors (Lipinski definition) is 4. The summed E-state index contributed by atoms with van der Waals surface area (Å²) >= 11 is 0. The lowest BCUT2D eigenvalue weighted by molar-refractivity contribution is 0.170. The Morgan fingerprint density at radius 2 is 2.58 bits per heavy atom. The fraction of sp³-hybridized carbons (Fsp3) is 0.500. The molecule has 6 heteroatoms. The second-order valence-electron chi connectivity index (χ2n) is 2.20. The van der Waals surface area contributed by atoms with Crippen LogP contribution in [0.25, 0.3) is 0 Å². The molecule has 6 nitrogen and oxygen atoms in total. The minimum absolute atomic E-state index is 0.323. The maximum Gasteiger partial charge on any atom is 0.407 e. The molecule has 66 valence electrons. The van der Waals surface area contributed by atoms with Gasteiger partial charge < -0.3 is 14.6 Å². The van der Waals surface area contributed by atoms with Crippen LogP contribution in [0.4, 0.5) is 4.79 Å². The summed E-state index contributed by atoms with van der Waals surface area (Å²) in [5, 5.41) is 9.90. The van der Waals surface area contributed by atoms with E-state index in [0.717, 1.165) is 0 Å². The summed E-state index contributed by atoms with van der Waals surface area (Å²) in [7, 11) is 3.11. The smallest absolute Gasteiger partial charge is 0.407 e. The van der Waals surface area contributed by atoms with Crippen LogP contribution in [0, 0.1) is 0 Å². The summed E-state index contributed by atoms with van der Waals surface area (Å²) in [6.45, 7) is 0.323. The van der Waals surface area contributed by atoms with E-state index in [0.29, 0.717) is 12.4 Å². The number of nitrogens with one attached hydrogen (secondary N) is 1. The number of carbonyl (C=O) groups is 1. The van der Waals surface area contributed by atoms with Gasteiger partial charge in [0.1, 0.15) is 6.33 Å². The topological polar surface area (TPSA) is 69.0 Å². The highest BCUT2D eigenvalue weighted by Gasteiger charge is 2.02. The Morgan fingerprint density at radius 3 is 3.08 bits per heavy atom. The molecule has 0 fully saturated rings. The van der Waals surface area contributed by atoms with Gasteiger partial charge in [0, 0.05) is 7.05 Å². The van der Waals surface area contributed by atoms with Crippen molar-refractivity contribution in [2.24, 2.45) is 7.05 Å². The van der Waals surface area contributed by atoms with Gasteiger partial charge in [0.25, 0.3) is 0 Å². The number of nitrogens with zero attached hydrogens (tertiary/aromatic N) is 3. The van der Waals surface area contributed by atoms with Crippen LogP contribution in [0.3, 0.4) is 0 Å². The standard InChI is InChI=1S/C6H10N4O2/c1-10-4-8-9-5(10)3-7-6(11)12-2/h4H,3H2,1-2H3,(H,7,11). The molecule has 1 amide bonds. The molecular weight excluding hydrogens is 160 g/mol. The number of aromatic nitrogens is 3. The highest BCUT2D eigenvalue weighted by molar-refractivity contribution is 5.66. The van der Waals surface area contributed by atoms with Crippen molar-refractivity contribution in [2.45, 2.75) is 6.54 Å². The van der Waals surface area contributed by atoms with Gasteiger partial charge in [-0.05, 0) is 0 Å². The van der Waals surface area contributed by atoms with Gasteiger partial charge in [0.05, 0.1) is 13.7 Å². The summed E-state index contributed by atoms with van der Waals surface area (Å²) in [6.07, 6.45) is 1.09. The van der Waals surface area contributed by atoms with Crippen LogP contribution >= 0.6 is 0 Å². The van der Waals surface area contributed by atoms with Crippen LogP contribution in [0.5, 0.6) is 0 Å². The Labute approximate surface area is 69.5 Å². The van der Waals surface area contributed by atoms with Crippen molar-refractivity contribution in [1.82, 2.24) is 20.1 Å². The van der Waals surface area contributed by atoms with E-state index in [-0.39, 0.29) is 0 Å². The molecule has 0 aliphatic rings. The van der Waals surface area contributed by atoms with Crippen LogP contribution in [0.15, 0.2) is 6.33 Å². The van der Waals surface area contributed by atoms with Crippen molar-refractivity contribution in [2.75, 3.05) is 7.11 Å². The number of alkyl carbamates (subject to hydrolysis) is 1. The molecule has 12 heavy (non-hydrogen) atoms. The van der Waals surface area contributed by atoms with Crippen molar-refractivity contribution in [3.8, 4) is 0 Å². The molecule has 0 saturated heterocycles. The first-order valence-corrected chi connectivity index (χ1v) is 3.38. The number of ether oxygens (including phenoxy) is 1. The minimum atomic E-state index is -0.474. The second kappa shape index (κ2) is 3.70. The number of carbonyl (C=O) groups excluding carboxylic acids is 1. The van der Waals surface area contributed by atoms with E-state index in [9.17, 15) is 4.79 Å². The van der Waals surface area contributed by atoms with E-state index < -0.39 is 6.09 Å². The third kappa shape index (κ3) is 1.94. The summed E-state index contributed by atoms with van der Waals surface area (Å²) in [5.41, 5.74) is 0. The fourth-order valence-corrected chi connectivity index (χ4v) is 0.691. The van der Waals surface area contributed by atoms with Gasteiger partial charge >= 0.3 is 6.09 Å². The Morgan fingerprint density at radius 1 is 1.83 bits per heavy atom. The van der Waals surface area contributed by atoms with Crippen LogP contribution in [0.1, 0.15) is 5.82 Å². The zero-order chi connectivity index (χ0) is 8.97. The highest BCUT2D eigenvalue weighted by Crippen LogP contribution is 1.89. The van der Waals surface area contributed by atoms with Gasteiger partial charge in [-0.25, -0.2) is 4.79 Å². The van der Waals surface area contributed by atoms with Gasteiger partial charge in [-0.15, -0.1) is 10.2 Å². The van der Waals surface area contributed by atoms with Gasteiger partial charge in [-0.2, -0.15) is 0 Å². The molecule has 1 rings (SSSR count). The number of rotatable bonds is 2. The van der Waals surface area contributed by atoms with Crippen LogP contribution in [-0.4, -0.2) is 28.0 Å². The van der Waals surface area contributed by atoms with Crippen molar-refractivity contribution < 1.29 is 9.53 Å². The molecule has 0 atom stereocenters. The molecule has 0 radical (unpaired) electrons. The lowest BCUT2D eigenvalue weighted by atomic mass is 10.6. The molecule has 1 aromatic rings. The predicted molar refractivity (Wildman–Crippen MR) is 40.2 cm³/mol. The summed E-state index contributed by atoms with van der Waals surface area (Å²) in [4.78, 5) is 10.6. The van der Waals surface area contributed by atoms with Gasteiger partial charge in [0.2, 0.25) is 0 Å². The zero-order valence-corrected chi connectivity index (χ0v) is 6.94. The Kier molecular flexibility index (Phi) is 2.62. The lowest BCUT2D eigenvalue weighted by Crippen LogP contribution is -2.23. The SMILES string of the molecule is COC(=O)NCc1nncn1C. The second-order valence-corrected chi connectivity index (χ2v) is 2.20. The average Bonchev–Trinajstić information content (AvgIpc) is 2.47. The third-order valence-corrected chi connectivity index (χ3v) is 1.38. The number of aryl methyl sites for hydroxylation is 1. The predicted octanol–water partition coefficient (Wildman–Crippen LogP) is -0.329. The van der Waals surface area contributed by atoms with Crippen molar-refractivity contribution >= 4 is 6.09 Å². The largest absolute Gasteiger partial charge is 0.453 e. The molecule has 1 N–H and O–H groups in total. The van der Waals surface area contributed by atoms with Crippen molar-refractivity contribution in [3.63, 3.8) is 0 Å². The molecule has 0 unspecified atom stereocenters. The molecule has 0 saturated carbocycles. The lowest BCUT2D eigenvalue weighted by Gasteiger charge is -2.01. The van der Waals surface area contributed by atoms with Gasteiger partial charge in [0.15, 0.2) is 5.82 Å². The molecule has 0 aliphatic heterocycles. The van der Waals surface area contributed by atoms with E-state index in [4.69, 9.17) is 0 Å². The van der Waals surface area contributed by atoms with Gasteiger partial charge in [-0.1, -0.05) is 0 Å². The quantitative estimate of drug-likeness (QED) is 0.659. The fourth-order valence-electron chi connectivity index (χ4n) is 0.691. The van der Waals surface area contributed by atoms with Crippen molar-refractivity contribution in [3.05, 3.63) is 12.2 Å². The number of hydrogen-bond donors (Lipinski definition) is 1. The Balaban J connectivity index is 2.43. The maximum absolute atomic E-state index is 10.6. The van der Waals surface area contributed by atoms with E-state index in [1.807, 2.05) is 0 Å². The van der Waals surface area contributed by atoms with Crippen LogP contribution in [-0.2, 0) is 18.3 Å². The van der Waals surface area contributed by atoms with Crippen LogP contribution in [0.2, 0.25) is 0 Å². The first-order valence-electron chi connectivity index (χ1n) is 3.38. The molecule has 1 aromatic heterocycles. The highest BCUT2D eigenvalue weighted by atomic mass is 16.5. The maximum atomic E-state index is 10.6. The minimum Gasteiger partial charge on any atom is -0.453 e. The molecule has 1 heterocycles. The monoisotopic (exact) mass is 170 g/mol. The first-order chi connectivity index (χ1) is 5.74. The normalized spacial score (nSPS) is 9.50.